The zero-order valence-corrected chi connectivity index (χ0v) is 14.3. The Labute approximate surface area is 145 Å². The number of amides is 1. The molecule has 1 aromatic heterocycles. The molecule has 1 heterocycles. The normalized spacial score (nSPS) is 14.4. The van der Waals surface area contributed by atoms with Gasteiger partial charge in [-0.25, -0.2) is 4.79 Å². The number of benzene rings is 1. The standard InChI is InChI=1S/C19H19NO3S/c1-13(23-18(21)10-9-17-6-3-11-24-17)19(22)20-16-8-7-14-4-2-5-15(14)12-16/h3,6-13H,2,4-5H2,1H3,(H,20,22)/b10-9+/t13-/m1/s1. The van der Waals surface area contributed by atoms with Gasteiger partial charge in [0.1, 0.15) is 0 Å². The van der Waals surface area contributed by atoms with Gasteiger partial charge < -0.3 is 10.1 Å². The molecule has 0 bridgehead atoms. The lowest BCUT2D eigenvalue weighted by molar-refractivity contribution is -0.148. The summed E-state index contributed by atoms with van der Waals surface area (Å²) in [6, 6.07) is 9.76. The first-order chi connectivity index (χ1) is 11.6. The summed E-state index contributed by atoms with van der Waals surface area (Å²) in [5.74, 6) is -0.856. The van der Waals surface area contributed by atoms with Crippen LogP contribution in [0, 0.1) is 0 Å². The Bertz CT molecular complexity index is 765. The van der Waals surface area contributed by atoms with E-state index in [0.717, 1.165) is 29.8 Å². The molecule has 0 spiro atoms. The molecule has 0 saturated heterocycles. The van der Waals surface area contributed by atoms with E-state index in [1.807, 2.05) is 29.6 Å². The molecule has 1 aromatic carbocycles. The highest BCUT2D eigenvalue weighted by Crippen LogP contribution is 2.25. The predicted octanol–water partition coefficient (Wildman–Crippen LogP) is 3.82. The molecule has 1 aliphatic carbocycles. The molecule has 0 fully saturated rings. The number of rotatable bonds is 5. The number of ether oxygens (including phenoxy) is 1. The van der Waals surface area contributed by atoms with Crippen molar-refractivity contribution in [3.05, 3.63) is 57.8 Å². The molecule has 1 atom stereocenters. The summed E-state index contributed by atoms with van der Waals surface area (Å²) < 4.78 is 5.14. The second-order valence-electron chi connectivity index (χ2n) is 5.75. The number of nitrogens with one attached hydrogen (secondary N) is 1. The number of hydrogen-bond donors (Lipinski definition) is 1. The van der Waals surface area contributed by atoms with E-state index >= 15 is 0 Å². The molecule has 124 valence electrons. The van der Waals surface area contributed by atoms with E-state index in [4.69, 9.17) is 4.74 Å². The molecule has 0 unspecified atom stereocenters. The zero-order valence-electron chi connectivity index (χ0n) is 13.5. The van der Waals surface area contributed by atoms with Crippen LogP contribution >= 0.6 is 11.3 Å². The molecule has 3 rings (SSSR count). The van der Waals surface area contributed by atoms with Crippen LogP contribution in [-0.4, -0.2) is 18.0 Å². The average molecular weight is 341 g/mol. The first-order valence-corrected chi connectivity index (χ1v) is 8.84. The van der Waals surface area contributed by atoms with Gasteiger partial charge in [0.2, 0.25) is 0 Å². The van der Waals surface area contributed by atoms with Gasteiger partial charge in [-0.05, 0) is 67.0 Å². The highest BCUT2D eigenvalue weighted by Gasteiger charge is 2.18. The number of anilines is 1. The number of carbonyl (C=O) groups excluding carboxylic acids is 2. The maximum absolute atomic E-state index is 12.2. The van der Waals surface area contributed by atoms with E-state index in [1.54, 1.807) is 13.0 Å². The highest BCUT2D eigenvalue weighted by molar-refractivity contribution is 7.10. The molecule has 5 heteroatoms. The third-order valence-electron chi connectivity index (χ3n) is 3.96. The second kappa shape index (κ2) is 7.45. The molecule has 4 nitrogen and oxygen atoms in total. The van der Waals surface area contributed by atoms with E-state index in [1.165, 1.54) is 28.5 Å². The van der Waals surface area contributed by atoms with Crippen molar-refractivity contribution in [3.63, 3.8) is 0 Å². The summed E-state index contributed by atoms with van der Waals surface area (Å²) in [5, 5.41) is 4.74. The van der Waals surface area contributed by atoms with Gasteiger partial charge in [0, 0.05) is 16.6 Å². The lowest BCUT2D eigenvalue weighted by Gasteiger charge is -2.13. The fourth-order valence-electron chi connectivity index (χ4n) is 2.70. The molecular weight excluding hydrogens is 322 g/mol. The molecule has 0 radical (unpaired) electrons. The largest absolute Gasteiger partial charge is 0.449 e. The van der Waals surface area contributed by atoms with Crippen molar-refractivity contribution < 1.29 is 14.3 Å². The van der Waals surface area contributed by atoms with Gasteiger partial charge in [0.25, 0.3) is 5.91 Å². The monoisotopic (exact) mass is 341 g/mol. The van der Waals surface area contributed by atoms with Crippen molar-refractivity contribution >= 4 is 35.0 Å². The summed E-state index contributed by atoms with van der Waals surface area (Å²) in [7, 11) is 0. The fourth-order valence-corrected chi connectivity index (χ4v) is 3.31. The van der Waals surface area contributed by atoms with Crippen LogP contribution in [0.1, 0.15) is 29.3 Å². The van der Waals surface area contributed by atoms with E-state index in [2.05, 4.69) is 11.4 Å². The minimum absolute atomic E-state index is 0.328. The Kier molecular flexibility index (Phi) is 5.11. The predicted molar refractivity (Wildman–Crippen MR) is 96.0 cm³/mol. The van der Waals surface area contributed by atoms with Crippen LogP contribution in [0.25, 0.3) is 6.08 Å². The minimum Gasteiger partial charge on any atom is -0.449 e. The number of thiophene rings is 1. The van der Waals surface area contributed by atoms with Crippen molar-refractivity contribution in [2.75, 3.05) is 5.32 Å². The van der Waals surface area contributed by atoms with E-state index in [-0.39, 0.29) is 5.91 Å². The Balaban J connectivity index is 1.53. The van der Waals surface area contributed by atoms with Crippen molar-refractivity contribution in [1.29, 1.82) is 0 Å². The van der Waals surface area contributed by atoms with Gasteiger partial charge in [-0.3, -0.25) is 4.79 Å². The quantitative estimate of drug-likeness (QED) is 0.664. The van der Waals surface area contributed by atoms with Crippen LogP contribution in [0.4, 0.5) is 5.69 Å². The smallest absolute Gasteiger partial charge is 0.331 e. The van der Waals surface area contributed by atoms with Gasteiger partial charge in [-0.15, -0.1) is 11.3 Å². The first-order valence-electron chi connectivity index (χ1n) is 7.97. The number of aryl methyl sites for hydroxylation is 2. The maximum Gasteiger partial charge on any atom is 0.331 e. The van der Waals surface area contributed by atoms with Crippen LogP contribution < -0.4 is 5.32 Å². The van der Waals surface area contributed by atoms with Gasteiger partial charge in [0.15, 0.2) is 6.10 Å². The maximum atomic E-state index is 12.2. The molecule has 0 saturated carbocycles. The third-order valence-corrected chi connectivity index (χ3v) is 4.79. The van der Waals surface area contributed by atoms with Crippen LogP contribution in [0.15, 0.2) is 41.8 Å². The summed E-state index contributed by atoms with van der Waals surface area (Å²) in [6.07, 6.45) is 5.49. The summed E-state index contributed by atoms with van der Waals surface area (Å²) in [4.78, 5) is 24.9. The van der Waals surface area contributed by atoms with E-state index in [9.17, 15) is 9.59 Å². The van der Waals surface area contributed by atoms with Gasteiger partial charge in [-0.2, -0.15) is 0 Å². The molecule has 24 heavy (non-hydrogen) atoms. The topological polar surface area (TPSA) is 55.4 Å². The molecule has 0 aliphatic heterocycles. The molecular formula is C19H19NO3S. The molecule has 1 amide bonds. The third kappa shape index (κ3) is 4.11. The van der Waals surface area contributed by atoms with Crippen LogP contribution in [0.2, 0.25) is 0 Å². The number of carbonyl (C=O) groups is 2. The summed E-state index contributed by atoms with van der Waals surface area (Å²) >= 11 is 1.53. The SMILES string of the molecule is C[C@@H](OC(=O)/C=C/c1cccs1)C(=O)Nc1ccc2c(c1)CCC2. The van der Waals surface area contributed by atoms with Gasteiger partial charge in [-0.1, -0.05) is 12.1 Å². The van der Waals surface area contributed by atoms with Crippen molar-refractivity contribution in [2.24, 2.45) is 0 Å². The fraction of sp³-hybridized carbons (Fsp3) is 0.263. The summed E-state index contributed by atoms with van der Waals surface area (Å²) in [5.41, 5.74) is 3.39. The Hall–Kier alpha value is -2.40. The average Bonchev–Trinajstić information content (AvgIpc) is 3.23. The second-order valence-corrected chi connectivity index (χ2v) is 6.73. The number of esters is 1. The number of hydrogen-bond acceptors (Lipinski definition) is 4. The number of fused-ring (bicyclic) bond motifs is 1. The van der Waals surface area contributed by atoms with E-state index in [0.29, 0.717) is 0 Å². The molecule has 1 N–H and O–H groups in total. The lowest BCUT2D eigenvalue weighted by Crippen LogP contribution is -2.29. The van der Waals surface area contributed by atoms with Crippen LogP contribution in [0.3, 0.4) is 0 Å². The highest BCUT2D eigenvalue weighted by atomic mass is 32.1. The van der Waals surface area contributed by atoms with Gasteiger partial charge >= 0.3 is 5.97 Å². The van der Waals surface area contributed by atoms with Crippen molar-refractivity contribution in [1.82, 2.24) is 0 Å². The lowest BCUT2D eigenvalue weighted by atomic mass is 10.1. The van der Waals surface area contributed by atoms with E-state index < -0.39 is 12.1 Å². The van der Waals surface area contributed by atoms with Crippen LogP contribution in [0.5, 0.6) is 0 Å². The van der Waals surface area contributed by atoms with Crippen LogP contribution in [-0.2, 0) is 27.2 Å². The zero-order chi connectivity index (χ0) is 16.9. The van der Waals surface area contributed by atoms with Crippen molar-refractivity contribution in [2.45, 2.75) is 32.3 Å². The molecule has 2 aromatic rings. The Morgan fingerprint density at radius 1 is 1.25 bits per heavy atom. The Morgan fingerprint density at radius 2 is 2.08 bits per heavy atom. The molecule has 1 aliphatic rings. The van der Waals surface area contributed by atoms with Gasteiger partial charge in [0.05, 0.1) is 0 Å². The van der Waals surface area contributed by atoms with Crippen molar-refractivity contribution in [3.8, 4) is 0 Å². The summed E-state index contributed by atoms with van der Waals surface area (Å²) in [6.45, 7) is 1.57. The Morgan fingerprint density at radius 3 is 2.88 bits per heavy atom. The minimum atomic E-state index is -0.848. The first kappa shape index (κ1) is 16.5.